The Morgan fingerprint density at radius 1 is 1.17 bits per heavy atom. The number of hydrogen-bond donors (Lipinski definition) is 1. The Balaban J connectivity index is 1.66. The van der Waals surface area contributed by atoms with Crippen LogP contribution in [0.25, 0.3) is 10.1 Å². The van der Waals surface area contributed by atoms with E-state index in [1.807, 2.05) is 12.1 Å². The maximum absolute atomic E-state index is 12.8. The van der Waals surface area contributed by atoms with E-state index < -0.39 is 4.92 Å². The van der Waals surface area contributed by atoms with E-state index in [0.717, 1.165) is 10.3 Å². The molecule has 1 aromatic heterocycles. The molecule has 0 atom stereocenters. The summed E-state index contributed by atoms with van der Waals surface area (Å²) in [6, 6.07) is 13.2. The molecule has 1 heterocycles. The van der Waals surface area contributed by atoms with Crippen molar-refractivity contribution >= 4 is 50.5 Å². The van der Waals surface area contributed by atoms with E-state index in [9.17, 15) is 19.7 Å². The number of likely N-dealkylation sites (N-methyl/N-ethyl adjacent to an activating group) is 1. The number of amides is 2. The molecule has 29 heavy (non-hydrogen) atoms. The fraction of sp³-hybridized carbons (Fsp3) is 0.200. The quantitative estimate of drug-likeness (QED) is 0.447. The first-order valence-electron chi connectivity index (χ1n) is 8.85. The number of carbonyl (C=O) groups excluding carboxylic acids is 2. The van der Waals surface area contributed by atoms with Gasteiger partial charge < -0.3 is 10.2 Å². The van der Waals surface area contributed by atoms with E-state index in [1.165, 1.54) is 28.4 Å². The zero-order valence-corrected chi connectivity index (χ0v) is 17.1. The SMILES string of the molecule is CCN(CC(=O)NCc1ccc(Cl)cc1)C(=O)c1cc2cc([N+](=O)[O-])ccc2s1. The molecular formula is C20H18ClN3O4S. The van der Waals surface area contributed by atoms with Crippen LogP contribution in [0.1, 0.15) is 22.2 Å². The molecule has 0 radical (unpaired) electrons. The molecule has 2 amide bonds. The molecule has 0 fully saturated rings. The molecule has 1 N–H and O–H groups in total. The summed E-state index contributed by atoms with van der Waals surface area (Å²) in [6.07, 6.45) is 0. The zero-order valence-electron chi connectivity index (χ0n) is 15.6. The Labute approximate surface area is 176 Å². The van der Waals surface area contributed by atoms with Crippen LogP contribution in [0.2, 0.25) is 5.02 Å². The normalized spacial score (nSPS) is 10.7. The van der Waals surface area contributed by atoms with Crippen LogP contribution < -0.4 is 5.32 Å². The molecule has 0 aliphatic rings. The predicted octanol–water partition coefficient (Wildman–Crippen LogP) is 4.24. The number of benzene rings is 2. The van der Waals surface area contributed by atoms with Gasteiger partial charge in [-0.05, 0) is 36.8 Å². The Morgan fingerprint density at radius 2 is 1.90 bits per heavy atom. The molecular weight excluding hydrogens is 414 g/mol. The lowest BCUT2D eigenvalue weighted by Gasteiger charge is -2.19. The van der Waals surface area contributed by atoms with E-state index in [1.54, 1.807) is 31.2 Å². The van der Waals surface area contributed by atoms with Crippen molar-refractivity contribution < 1.29 is 14.5 Å². The number of nitrogens with zero attached hydrogens (tertiary/aromatic N) is 2. The molecule has 2 aromatic carbocycles. The largest absolute Gasteiger partial charge is 0.350 e. The molecule has 0 saturated carbocycles. The van der Waals surface area contributed by atoms with Gasteiger partial charge in [-0.15, -0.1) is 11.3 Å². The van der Waals surface area contributed by atoms with Crippen LogP contribution in [0.15, 0.2) is 48.5 Å². The minimum absolute atomic E-state index is 0.0248. The number of halogens is 1. The van der Waals surface area contributed by atoms with Gasteiger partial charge in [0.2, 0.25) is 5.91 Å². The zero-order chi connectivity index (χ0) is 21.0. The van der Waals surface area contributed by atoms with Gasteiger partial charge in [0.1, 0.15) is 0 Å². The molecule has 3 rings (SSSR count). The summed E-state index contributed by atoms with van der Waals surface area (Å²) < 4.78 is 0.780. The minimum atomic E-state index is -0.470. The average Bonchev–Trinajstić information content (AvgIpc) is 3.14. The predicted molar refractivity (Wildman–Crippen MR) is 113 cm³/mol. The Bertz CT molecular complexity index is 1070. The van der Waals surface area contributed by atoms with E-state index in [4.69, 9.17) is 11.6 Å². The maximum Gasteiger partial charge on any atom is 0.270 e. The van der Waals surface area contributed by atoms with Crippen molar-refractivity contribution in [3.63, 3.8) is 0 Å². The number of rotatable bonds is 7. The molecule has 0 aliphatic heterocycles. The third kappa shape index (κ3) is 5.10. The average molecular weight is 432 g/mol. The van der Waals surface area contributed by atoms with Crippen LogP contribution in [-0.4, -0.2) is 34.7 Å². The first kappa shape index (κ1) is 20.8. The van der Waals surface area contributed by atoms with Gasteiger partial charge >= 0.3 is 0 Å². The molecule has 9 heteroatoms. The van der Waals surface area contributed by atoms with Crippen LogP contribution in [0.3, 0.4) is 0 Å². The van der Waals surface area contributed by atoms with Gasteiger partial charge in [0.15, 0.2) is 0 Å². The van der Waals surface area contributed by atoms with E-state index in [-0.39, 0.29) is 24.0 Å². The van der Waals surface area contributed by atoms with Crippen molar-refractivity contribution in [2.75, 3.05) is 13.1 Å². The number of thiophene rings is 1. The van der Waals surface area contributed by atoms with E-state index >= 15 is 0 Å². The number of non-ortho nitro benzene ring substituents is 1. The molecule has 0 aliphatic carbocycles. The summed E-state index contributed by atoms with van der Waals surface area (Å²) in [6.45, 7) is 2.43. The fourth-order valence-corrected chi connectivity index (χ4v) is 3.90. The van der Waals surface area contributed by atoms with Gasteiger partial charge in [0, 0.05) is 40.3 Å². The lowest BCUT2D eigenvalue weighted by atomic mass is 10.2. The smallest absolute Gasteiger partial charge is 0.270 e. The summed E-state index contributed by atoms with van der Waals surface area (Å²) >= 11 is 7.09. The summed E-state index contributed by atoms with van der Waals surface area (Å²) in [5.74, 6) is -0.551. The number of nitro benzene ring substituents is 1. The van der Waals surface area contributed by atoms with Crippen LogP contribution >= 0.6 is 22.9 Å². The van der Waals surface area contributed by atoms with Crippen molar-refractivity contribution in [1.29, 1.82) is 0 Å². The van der Waals surface area contributed by atoms with Crippen LogP contribution in [-0.2, 0) is 11.3 Å². The highest BCUT2D eigenvalue weighted by Crippen LogP contribution is 2.29. The number of carbonyl (C=O) groups is 2. The molecule has 7 nitrogen and oxygen atoms in total. The van der Waals surface area contributed by atoms with Crippen molar-refractivity contribution in [3.8, 4) is 0 Å². The van der Waals surface area contributed by atoms with Gasteiger partial charge in [-0.1, -0.05) is 23.7 Å². The van der Waals surface area contributed by atoms with Gasteiger partial charge in [-0.3, -0.25) is 19.7 Å². The second-order valence-electron chi connectivity index (χ2n) is 6.31. The first-order chi connectivity index (χ1) is 13.9. The molecule has 0 spiro atoms. The Hall–Kier alpha value is -2.97. The van der Waals surface area contributed by atoms with E-state index in [0.29, 0.717) is 28.4 Å². The van der Waals surface area contributed by atoms with Crippen molar-refractivity contribution in [1.82, 2.24) is 10.2 Å². The van der Waals surface area contributed by atoms with Crippen molar-refractivity contribution in [2.45, 2.75) is 13.5 Å². The summed E-state index contributed by atoms with van der Waals surface area (Å²) in [4.78, 5) is 37.4. The number of fused-ring (bicyclic) bond motifs is 1. The van der Waals surface area contributed by atoms with Crippen molar-refractivity contribution in [3.05, 3.63) is 74.1 Å². The topological polar surface area (TPSA) is 92.6 Å². The monoisotopic (exact) mass is 431 g/mol. The van der Waals surface area contributed by atoms with Crippen LogP contribution in [0.5, 0.6) is 0 Å². The van der Waals surface area contributed by atoms with Crippen molar-refractivity contribution in [2.24, 2.45) is 0 Å². The maximum atomic E-state index is 12.8. The number of nitrogens with one attached hydrogen (secondary N) is 1. The highest BCUT2D eigenvalue weighted by molar-refractivity contribution is 7.20. The summed E-state index contributed by atoms with van der Waals surface area (Å²) in [7, 11) is 0. The molecule has 3 aromatic rings. The fourth-order valence-electron chi connectivity index (χ4n) is 2.76. The van der Waals surface area contributed by atoms with Crippen LogP contribution in [0.4, 0.5) is 5.69 Å². The second kappa shape index (κ2) is 9.02. The third-order valence-electron chi connectivity index (χ3n) is 4.33. The molecule has 0 bridgehead atoms. The highest BCUT2D eigenvalue weighted by Gasteiger charge is 2.20. The molecule has 0 saturated heterocycles. The van der Waals surface area contributed by atoms with E-state index in [2.05, 4.69) is 5.32 Å². The standard InChI is InChI=1S/C20H18ClN3O4S/c1-2-23(12-19(25)22-11-13-3-5-15(21)6-4-13)20(26)18-10-14-9-16(24(27)28)7-8-17(14)29-18/h3-10H,2,11-12H2,1H3,(H,22,25). The van der Waals surface area contributed by atoms with Gasteiger partial charge in [0.25, 0.3) is 11.6 Å². The summed E-state index contributed by atoms with van der Waals surface area (Å²) in [5.41, 5.74) is 0.881. The van der Waals surface area contributed by atoms with Gasteiger partial charge in [-0.25, -0.2) is 0 Å². The number of hydrogen-bond acceptors (Lipinski definition) is 5. The minimum Gasteiger partial charge on any atom is -0.350 e. The lowest BCUT2D eigenvalue weighted by molar-refractivity contribution is -0.384. The Kier molecular flexibility index (Phi) is 6.46. The molecule has 150 valence electrons. The second-order valence-corrected chi connectivity index (χ2v) is 7.83. The third-order valence-corrected chi connectivity index (χ3v) is 5.68. The number of nitro groups is 1. The lowest BCUT2D eigenvalue weighted by Crippen LogP contribution is -2.40. The Morgan fingerprint density at radius 3 is 2.55 bits per heavy atom. The highest BCUT2D eigenvalue weighted by atomic mass is 35.5. The van der Waals surface area contributed by atoms with Gasteiger partial charge in [-0.2, -0.15) is 0 Å². The summed E-state index contributed by atoms with van der Waals surface area (Å²) in [5, 5.41) is 15.0. The van der Waals surface area contributed by atoms with Crippen LogP contribution in [0, 0.1) is 10.1 Å². The van der Waals surface area contributed by atoms with Gasteiger partial charge in [0.05, 0.1) is 16.3 Å². The first-order valence-corrected chi connectivity index (χ1v) is 10.0. The molecule has 0 unspecified atom stereocenters.